The molecule has 2 aliphatic heterocycles. The molecule has 0 saturated carbocycles. The second-order valence-corrected chi connectivity index (χ2v) is 11.0. The maximum Gasteiger partial charge on any atom is 0.338 e. The van der Waals surface area contributed by atoms with Crippen molar-refractivity contribution in [2.24, 2.45) is 5.92 Å². The molecule has 9 atom stereocenters. The first-order chi connectivity index (χ1) is 18.2. The van der Waals surface area contributed by atoms with Gasteiger partial charge in [-0.1, -0.05) is 13.3 Å². The molecule has 3 rings (SSSR count). The van der Waals surface area contributed by atoms with Crippen molar-refractivity contribution >= 4 is 23.6 Å². The van der Waals surface area contributed by atoms with E-state index in [1.54, 1.807) is 6.92 Å². The molecule has 2 aliphatic rings. The van der Waals surface area contributed by atoms with Crippen LogP contribution < -0.4 is 10.6 Å². The zero-order valence-electron chi connectivity index (χ0n) is 22.0. The molecule has 2 saturated heterocycles. The van der Waals surface area contributed by atoms with Gasteiger partial charge in [0.25, 0.3) is 0 Å². The van der Waals surface area contributed by atoms with Crippen molar-refractivity contribution in [2.45, 2.75) is 81.1 Å². The largest absolute Gasteiger partial charge is 0.508 e. The molecule has 2 heterocycles. The van der Waals surface area contributed by atoms with Crippen LogP contribution in [0.2, 0.25) is 0 Å². The summed E-state index contributed by atoms with van der Waals surface area (Å²) < 4.78 is 16.7. The summed E-state index contributed by atoms with van der Waals surface area (Å²) in [6.45, 7) is 4.60. The van der Waals surface area contributed by atoms with Crippen LogP contribution in [-0.2, 0) is 19.0 Å². The summed E-state index contributed by atoms with van der Waals surface area (Å²) in [5, 5.41) is 47.4. The van der Waals surface area contributed by atoms with E-state index in [1.807, 2.05) is 0 Å². The third kappa shape index (κ3) is 7.81. The summed E-state index contributed by atoms with van der Waals surface area (Å²) in [7, 11) is 1.48. The SMILES string of the molecule is CCC[C@H]1CN[C@H](C(=O)N[C@@H]([C@H]2O[C@H](SCCOC(=O)c3ccc(O)cc3)[C@H](O)[C@@H](O)[C@H]2O)[C@@H](C)OC)C1. The molecule has 0 aromatic heterocycles. The summed E-state index contributed by atoms with van der Waals surface area (Å²) in [5.74, 6) is -0.107. The average Bonchev–Trinajstić information content (AvgIpc) is 3.38. The minimum Gasteiger partial charge on any atom is -0.508 e. The molecule has 0 unspecified atom stereocenters. The molecule has 1 amide bonds. The van der Waals surface area contributed by atoms with Gasteiger partial charge in [-0.05, 0) is 56.5 Å². The lowest BCUT2D eigenvalue weighted by Crippen LogP contribution is -2.66. The van der Waals surface area contributed by atoms with Crippen LogP contribution in [0.4, 0.5) is 0 Å². The van der Waals surface area contributed by atoms with Crippen LogP contribution in [0.25, 0.3) is 0 Å². The Morgan fingerprint density at radius 3 is 2.55 bits per heavy atom. The molecule has 0 radical (unpaired) electrons. The number of carbonyl (C=O) groups excluding carboxylic acids is 2. The van der Waals surface area contributed by atoms with E-state index in [9.17, 15) is 30.0 Å². The van der Waals surface area contributed by atoms with Crippen LogP contribution in [0.1, 0.15) is 43.5 Å². The standard InChI is InChI=1S/C26H40N2O9S/c1-4-5-15-12-18(27-13-15)24(33)28-19(14(2)35-3)23-21(31)20(30)22(32)26(37-23)38-11-10-36-25(34)16-6-8-17(29)9-7-16/h6-9,14-15,18-23,26-27,29-32H,4-5,10-13H2,1-3H3,(H,28,33)/t14-,15-,18+,19-,20+,21-,22-,23-,26-/m1/s1. The lowest BCUT2D eigenvalue weighted by atomic mass is 9.91. The first-order valence-corrected chi connectivity index (χ1v) is 14.0. The maximum atomic E-state index is 13.1. The van der Waals surface area contributed by atoms with Crippen molar-refractivity contribution in [3.05, 3.63) is 29.8 Å². The van der Waals surface area contributed by atoms with Gasteiger partial charge in [-0.15, -0.1) is 11.8 Å². The Balaban J connectivity index is 1.59. The normalized spacial score (nSPS) is 30.9. The third-order valence-electron chi connectivity index (χ3n) is 7.08. The second-order valence-electron chi connectivity index (χ2n) is 9.82. The molecule has 38 heavy (non-hydrogen) atoms. The van der Waals surface area contributed by atoms with Gasteiger partial charge in [0.15, 0.2) is 0 Å². The van der Waals surface area contributed by atoms with Crippen LogP contribution in [0.3, 0.4) is 0 Å². The van der Waals surface area contributed by atoms with E-state index in [1.165, 1.54) is 31.4 Å². The van der Waals surface area contributed by atoms with Crippen molar-refractivity contribution < 1.29 is 44.2 Å². The van der Waals surface area contributed by atoms with E-state index in [4.69, 9.17) is 14.2 Å². The highest BCUT2D eigenvalue weighted by atomic mass is 32.2. The number of rotatable bonds is 12. The maximum absolute atomic E-state index is 13.1. The Morgan fingerprint density at radius 1 is 1.18 bits per heavy atom. The lowest BCUT2D eigenvalue weighted by Gasteiger charge is -2.44. The third-order valence-corrected chi connectivity index (χ3v) is 8.20. The number of benzene rings is 1. The van der Waals surface area contributed by atoms with Crippen molar-refractivity contribution in [1.82, 2.24) is 10.6 Å². The highest BCUT2D eigenvalue weighted by Crippen LogP contribution is 2.31. The van der Waals surface area contributed by atoms with Crippen LogP contribution in [0.5, 0.6) is 5.75 Å². The van der Waals surface area contributed by atoms with E-state index >= 15 is 0 Å². The average molecular weight is 557 g/mol. The van der Waals surface area contributed by atoms with Gasteiger partial charge in [-0.3, -0.25) is 4.79 Å². The number of ether oxygens (including phenoxy) is 3. The molecule has 214 valence electrons. The summed E-state index contributed by atoms with van der Waals surface area (Å²) in [5.41, 5.74) is -0.668. The van der Waals surface area contributed by atoms with Crippen LogP contribution >= 0.6 is 11.8 Å². The first-order valence-electron chi connectivity index (χ1n) is 13.0. The number of phenolic OH excluding ortho intramolecular Hbond substituents is 1. The minimum absolute atomic E-state index is 0.00118. The molecule has 0 spiro atoms. The number of methoxy groups -OCH3 is 1. The highest BCUT2D eigenvalue weighted by Gasteiger charge is 2.49. The number of esters is 1. The van der Waals surface area contributed by atoms with E-state index < -0.39 is 48.0 Å². The molecular formula is C26H40N2O9S. The fraction of sp³-hybridized carbons (Fsp3) is 0.692. The van der Waals surface area contributed by atoms with E-state index in [-0.39, 0.29) is 35.6 Å². The molecule has 1 aromatic rings. The smallest absolute Gasteiger partial charge is 0.338 e. The topological polar surface area (TPSA) is 167 Å². The highest BCUT2D eigenvalue weighted by molar-refractivity contribution is 7.99. The molecule has 11 nitrogen and oxygen atoms in total. The number of aliphatic hydroxyl groups is 3. The van der Waals surface area contributed by atoms with Gasteiger partial charge in [0.2, 0.25) is 5.91 Å². The van der Waals surface area contributed by atoms with E-state index in [2.05, 4.69) is 17.6 Å². The molecule has 6 N–H and O–H groups in total. The zero-order valence-corrected chi connectivity index (χ0v) is 22.8. The lowest BCUT2D eigenvalue weighted by molar-refractivity contribution is -0.212. The molecule has 1 aromatic carbocycles. The Kier molecular flexibility index (Phi) is 11.6. The first kappa shape index (κ1) is 30.6. The molecule has 0 aliphatic carbocycles. The van der Waals surface area contributed by atoms with Crippen molar-refractivity contribution in [1.29, 1.82) is 0 Å². The number of amides is 1. The molecule has 12 heteroatoms. The van der Waals surface area contributed by atoms with Crippen LogP contribution in [-0.4, -0.2) is 106 Å². The fourth-order valence-electron chi connectivity index (χ4n) is 4.80. The van der Waals surface area contributed by atoms with Gasteiger partial charge in [0.1, 0.15) is 42.2 Å². The number of aromatic hydroxyl groups is 1. The predicted molar refractivity (Wildman–Crippen MR) is 141 cm³/mol. The molecule has 2 fully saturated rings. The Bertz CT molecular complexity index is 905. The number of nitrogens with one attached hydrogen (secondary N) is 2. The van der Waals surface area contributed by atoms with E-state index in [0.717, 1.165) is 31.1 Å². The Hall–Kier alpha value is -1.93. The van der Waals surface area contributed by atoms with Gasteiger partial charge < -0.3 is 45.3 Å². The molecule has 0 bridgehead atoms. The Labute approximate surface area is 227 Å². The van der Waals surface area contributed by atoms with Crippen LogP contribution in [0.15, 0.2) is 24.3 Å². The van der Waals surface area contributed by atoms with Crippen molar-refractivity contribution in [3.63, 3.8) is 0 Å². The number of hydrogen-bond donors (Lipinski definition) is 6. The zero-order chi connectivity index (χ0) is 27.8. The van der Waals surface area contributed by atoms with Gasteiger partial charge >= 0.3 is 5.97 Å². The number of hydrogen-bond acceptors (Lipinski definition) is 11. The summed E-state index contributed by atoms with van der Waals surface area (Å²) in [4.78, 5) is 25.2. The number of carbonyl (C=O) groups is 2. The Morgan fingerprint density at radius 2 is 1.89 bits per heavy atom. The number of aliphatic hydroxyl groups excluding tert-OH is 3. The summed E-state index contributed by atoms with van der Waals surface area (Å²) in [6, 6.07) is 4.48. The number of thioether (sulfide) groups is 1. The van der Waals surface area contributed by atoms with Gasteiger partial charge in [-0.25, -0.2) is 4.79 Å². The van der Waals surface area contributed by atoms with Gasteiger partial charge in [-0.2, -0.15) is 0 Å². The van der Waals surface area contributed by atoms with Gasteiger partial charge in [0, 0.05) is 12.9 Å². The second kappa shape index (κ2) is 14.5. The van der Waals surface area contributed by atoms with Crippen molar-refractivity contribution in [3.8, 4) is 5.75 Å². The van der Waals surface area contributed by atoms with Crippen molar-refractivity contribution in [2.75, 3.05) is 26.0 Å². The minimum atomic E-state index is -1.52. The quantitative estimate of drug-likeness (QED) is 0.156. The van der Waals surface area contributed by atoms with Crippen LogP contribution in [0, 0.1) is 5.92 Å². The monoisotopic (exact) mass is 556 g/mol. The summed E-state index contributed by atoms with van der Waals surface area (Å²) >= 11 is 1.11. The number of phenols is 1. The predicted octanol–water partition coefficient (Wildman–Crippen LogP) is 0.388. The van der Waals surface area contributed by atoms with E-state index in [0.29, 0.717) is 12.3 Å². The van der Waals surface area contributed by atoms with Gasteiger partial charge in [0.05, 0.1) is 23.8 Å². The molecular weight excluding hydrogens is 516 g/mol. The fourth-order valence-corrected chi connectivity index (χ4v) is 5.78. The summed E-state index contributed by atoms with van der Waals surface area (Å²) in [6.07, 6.45) is -3.23.